The van der Waals surface area contributed by atoms with E-state index >= 15 is 0 Å². The molecule has 0 amide bonds. The van der Waals surface area contributed by atoms with Gasteiger partial charge in [0.2, 0.25) is 0 Å². The third-order valence-corrected chi connectivity index (χ3v) is 2.87. The highest BCUT2D eigenvalue weighted by Crippen LogP contribution is 2.24. The van der Waals surface area contributed by atoms with Gasteiger partial charge in [0.05, 0.1) is 5.56 Å². The van der Waals surface area contributed by atoms with E-state index in [1.165, 1.54) is 25.1 Å². The SMILES string of the molecule is CC(=O)c1cc(F)ccc1OCc1ccc(OC(F)(F)F)cc1. The molecule has 122 valence electrons. The van der Waals surface area contributed by atoms with Crippen molar-refractivity contribution in [2.24, 2.45) is 0 Å². The summed E-state index contributed by atoms with van der Waals surface area (Å²) in [5, 5.41) is 0. The molecule has 0 aliphatic heterocycles. The van der Waals surface area contributed by atoms with Crippen LogP contribution >= 0.6 is 0 Å². The zero-order valence-corrected chi connectivity index (χ0v) is 12.0. The van der Waals surface area contributed by atoms with Crippen molar-refractivity contribution >= 4 is 5.78 Å². The second-order valence-corrected chi connectivity index (χ2v) is 4.68. The molecular weight excluding hydrogens is 316 g/mol. The Kier molecular flexibility index (Phi) is 4.88. The molecule has 2 rings (SSSR count). The van der Waals surface area contributed by atoms with Gasteiger partial charge in [-0.1, -0.05) is 12.1 Å². The Hall–Kier alpha value is -2.57. The summed E-state index contributed by atoms with van der Waals surface area (Å²) in [4.78, 5) is 11.4. The number of Topliss-reactive ketones (excluding diaryl/α,β-unsaturated/α-hetero) is 1. The van der Waals surface area contributed by atoms with Crippen LogP contribution in [0, 0.1) is 5.82 Å². The van der Waals surface area contributed by atoms with Gasteiger partial charge in [-0.15, -0.1) is 13.2 Å². The average Bonchev–Trinajstić information content (AvgIpc) is 2.45. The molecule has 0 atom stereocenters. The van der Waals surface area contributed by atoms with Crippen molar-refractivity contribution < 1.29 is 31.8 Å². The van der Waals surface area contributed by atoms with Crippen LogP contribution in [0.4, 0.5) is 17.6 Å². The first-order chi connectivity index (χ1) is 10.7. The first kappa shape index (κ1) is 16.8. The van der Waals surface area contributed by atoms with Gasteiger partial charge in [-0.2, -0.15) is 0 Å². The van der Waals surface area contributed by atoms with Gasteiger partial charge in [-0.25, -0.2) is 4.39 Å². The molecule has 0 bridgehead atoms. The van der Waals surface area contributed by atoms with E-state index in [1.807, 2.05) is 0 Å². The minimum absolute atomic E-state index is 0.0121. The fourth-order valence-corrected chi connectivity index (χ4v) is 1.85. The Morgan fingerprint density at radius 3 is 2.30 bits per heavy atom. The monoisotopic (exact) mass is 328 g/mol. The lowest BCUT2D eigenvalue weighted by atomic mass is 10.1. The highest BCUT2D eigenvalue weighted by Gasteiger charge is 2.30. The Bertz CT molecular complexity index is 693. The summed E-state index contributed by atoms with van der Waals surface area (Å²) in [5.41, 5.74) is 0.667. The van der Waals surface area contributed by atoms with Crippen LogP contribution in [0.25, 0.3) is 0 Å². The molecule has 0 N–H and O–H groups in total. The Morgan fingerprint density at radius 1 is 1.09 bits per heavy atom. The number of ketones is 1. The number of carbonyl (C=O) groups is 1. The van der Waals surface area contributed by atoms with Crippen molar-refractivity contribution in [3.63, 3.8) is 0 Å². The number of ether oxygens (including phenoxy) is 2. The van der Waals surface area contributed by atoms with E-state index in [0.717, 1.165) is 24.3 Å². The van der Waals surface area contributed by atoms with E-state index in [4.69, 9.17) is 4.74 Å². The van der Waals surface area contributed by atoms with Crippen molar-refractivity contribution in [1.82, 2.24) is 0 Å². The zero-order chi connectivity index (χ0) is 17.0. The molecule has 0 heterocycles. The van der Waals surface area contributed by atoms with Crippen molar-refractivity contribution in [2.75, 3.05) is 0 Å². The van der Waals surface area contributed by atoms with E-state index in [2.05, 4.69) is 4.74 Å². The minimum atomic E-state index is -4.75. The van der Waals surface area contributed by atoms with Crippen molar-refractivity contribution in [3.05, 3.63) is 59.4 Å². The Labute approximate surface area is 129 Å². The number of rotatable bonds is 5. The van der Waals surface area contributed by atoms with Crippen molar-refractivity contribution in [1.29, 1.82) is 0 Å². The summed E-state index contributed by atoms with van der Waals surface area (Å²) in [5.74, 6) is -1.05. The maximum Gasteiger partial charge on any atom is 0.573 e. The van der Waals surface area contributed by atoms with Crippen molar-refractivity contribution in [3.8, 4) is 11.5 Å². The Balaban J connectivity index is 2.05. The van der Waals surface area contributed by atoms with E-state index in [-0.39, 0.29) is 29.5 Å². The molecule has 0 unspecified atom stereocenters. The summed E-state index contributed by atoms with van der Waals surface area (Å²) >= 11 is 0. The van der Waals surface area contributed by atoms with Gasteiger partial charge in [-0.05, 0) is 42.8 Å². The lowest BCUT2D eigenvalue weighted by Gasteiger charge is -2.11. The molecule has 0 fully saturated rings. The van der Waals surface area contributed by atoms with E-state index in [1.54, 1.807) is 0 Å². The molecule has 2 aromatic carbocycles. The summed E-state index contributed by atoms with van der Waals surface area (Å²) in [7, 11) is 0. The molecule has 23 heavy (non-hydrogen) atoms. The number of hydrogen-bond acceptors (Lipinski definition) is 3. The Morgan fingerprint density at radius 2 is 1.74 bits per heavy atom. The van der Waals surface area contributed by atoms with E-state index in [0.29, 0.717) is 5.56 Å². The number of carbonyl (C=O) groups excluding carboxylic acids is 1. The van der Waals surface area contributed by atoms with Crippen LogP contribution in [0.5, 0.6) is 11.5 Å². The topological polar surface area (TPSA) is 35.5 Å². The molecule has 0 saturated carbocycles. The second kappa shape index (κ2) is 6.68. The first-order valence-corrected chi connectivity index (χ1v) is 6.52. The van der Waals surface area contributed by atoms with Gasteiger partial charge in [-0.3, -0.25) is 4.79 Å². The van der Waals surface area contributed by atoms with Crippen LogP contribution in [-0.4, -0.2) is 12.1 Å². The van der Waals surface area contributed by atoms with E-state index < -0.39 is 12.2 Å². The molecule has 0 saturated heterocycles. The lowest BCUT2D eigenvalue weighted by Crippen LogP contribution is -2.17. The molecule has 0 radical (unpaired) electrons. The average molecular weight is 328 g/mol. The first-order valence-electron chi connectivity index (χ1n) is 6.52. The lowest BCUT2D eigenvalue weighted by molar-refractivity contribution is -0.274. The van der Waals surface area contributed by atoms with Gasteiger partial charge in [0.15, 0.2) is 5.78 Å². The molecule has 7 heteroatoms. The van der Waals surface area contributed by atoms with Crippen LogP contribution < -0.4 is 9.47 Å². The fourth-order valence-electron chi connectivity index (χ4n) is 1.85. The van der Waals surface area contributed by atoms with Crippen LogP contribution in [0.15, 0.2) is 42.5 Å². The van der Waals surface area contributed by atoms with Crippen molar-refractivity contribution in [2.45, 2.75) is 19.9 Å². The van der Waals surface area contributed by atoms with Gasteiger partial charge in [0.25, 0.3) is 0 Å². The third-order valence-electron chi connectivity index (χ3n) is 2.87. The smallest absolute Gasteiger partial charge is 0.488 e. The largest absolute Gasteiger partial charge is 0.573 e. The standard InChI is InChI=1S/C16H12F4O3/c1-10(21)14-8-12(17)4-7-15(14)22-9-11-2-5-13(6-3-11)23-16(18,19)20/h2-8H,9H2,1H3. The summed E-state index contributed by atoms with van der Waals surface area (Å²) in [6.45, 7) is 1.29. The maximum atomic E-state index is 13.1. The maximum absolute atomic E-state index is 13.1. The summed E-state index contributed by atoms with van der Waals surface area (Å²) < 4.78 is 58.5. The van der Waals surface area contributed by atoms with Crippen LogP contribution in [0.3, 0.4) is 0 Å². The number of halogens is 4. The van der Waals surface area contributed by atoms with E-state index in [9.17, 15) is 22.4 Å². The van der Waals surface area contributed by atoms with Gasteiger partial charge < -0.3 is 9.47 Å². The van der Waals surface area contributed by atoms with Gasteiger partial charge in [0.1, 0.15) is 23.9 Å². The predicted octanol–water partition coefficient (Wildman–Crippen LogP) is 4.51. The molecular formula is C16H12F4O3. The van der Waals surface area contributed by atoms with Gasteiger partial charge in [0, 0.05) is 0 Å². The highest BCUT2D eigenvalue weighted by atomic mass is 19.4. The third kappa shape index (κ3) is 4.98. The molecule has 0 spiro atoms. The molecule has 3 nitrogen and oxygen atoms in total. The fraction of sp³-hybridized carbons (Fsp3) is 0.188. The summed E-state index contributed by atoms with van der Waals surface area (Å²) in [6, 6.07) is 8.66. The normalized spacial score (nSPS) is 11.2. The minimum Gasteiger partial charge on any atom is -0.488 e. The molecule has 0 aliphatic carbocycles. The molecule has 0 aromatic heterocycles. The van der Waals surface area contributed by atoms with Crippen LogP contribution in [0.1, 0.15) is 22.8 Å². The zero-order valence-electron chi connectivity index (χ0n) is 12.0. The van der Waals surface area contributed by atoms with Crippen LogP contribution in [0.2, 0.25) is 0 Å². The van der Waals surface area contributed by atoms with Gasteiger partial charge >= 0.3 is 6.36 Å². The predicted molar refractivity (Wildman–Crippen MR) is 73.9 cm³/mol. The number of alkyl halides is 3. The number of hydrogen-bond donors (Lipinski definition) is 0. The highest BCUT2D eigenvalue weighted by molar-refractivity contribution is 5.96. The molecule has 2 aromatic rings. The quantitative estimate of drug-likeness (QED) is 0.598. The summed E-state index contributed by atoms with van der Waals surface area (Å²) in [6.07, 6.45) is -4.75. The molecule has 0 aliphatic rings. The van der Waals surface area contributed by atoms with Crippen LogP contribution in [-0.2, 0) is 6.61 Å². The second-order valence-electron chi connectivity index (χ2n) is 4.68. The number of benzene rings is 2.